The summed E-state index contributed by atoms with van der Waals surface area (Å²) in [5.41, 5.74) is 5.58. The number of amides is 3. The number of carbonyl (C=O) groups is 2. The van der Waals surface area contributed by atoms with Crippen molar-refractivity contribution in [1.82, 2.24) is 10.2 Å². The van der Waals surface area contributed by atoms with E-state index in [1.807, 2.05) is 6.92 Å². The Morgan fingerprint density at radius 1 is 1.69 bits per heavy atom. The van der Waals surface area contributed by atoms with Crippen LogP contribution in [0.25, 0.3) is 0 Å². The number of hydrogen-bond acceptors (Lipinski definition) is 3. The van der Waals surface area contributed by atoms with Crippen molar-refractivity contribution < 1.29 is 9.59 Å². The Bertz CT molecular complexity index is 227. The van der Waals surface area contributed by atoms with Crippen LogP contribution in [0, 0.1) is 5.92 Å². The van der Waals surface area contributed by atoms with Crippen LogP contribution < -0.4 is 11.1 Å². The number of rotatable bonds is 2. The van der Waals surface area contributed by atoms with Gasteiger partial charge in [-0.3, -0.25) is 10.1 Å². The highest BCUT2D eigenvalue weighted by molar-refractivity contribution is 5.97. The van der Waals surface area contributed by atoms with Crippen molar-refractivity contribution in [3.8, 4) is 0 Å². The first-order valence-corrected chi connectivity index (χ1v) is 4.32. The normalized spacial score (nSPS) is 25.8. The maximum atomic E-state index is 11.3. The third kappa shape index (κ3) is 2.42. The quantitative estimate of drug-likeness (QED) is 0.610. The fourth-order valence-electron chi connectivity index (χ4n) is 1.43. The third-order valence-corrected chi connectivity index (χ3v) is 2.10. The van der Waals surface area contributed by atoms with Crippen molar-refractivity contribution in [3.63, 3.8) is 0 Å². The molecule has 0 aromatic rings. The standard InChI is InChI=1S/C8H15N3O2/c1-5(9)3-6-4-11(2)8(13)10-7(6)12/h5-6H,3-4,9H2,1-2H3,(H,10,12,13)/t5?,6-/m1/s1. The van der Waals surface area contributed by atoms with Crippen molar-refractivity contribution in [2.75, 3.05) is 13.6 Å². The van der Waals surface area contributed by atoms with Gasteiger partial charge < -0.3 is 10.6 Å². The summed E-state index contributed by atoms with van der Waals surface area (Å²) in [5, 5.41) is 2.28. The van der Waals surface area contributed by atoms with Crippen LogP contribution in [0.2, 0.25) is 0 Å². The SMILES string of the molecule is CC(N)C[C@@H]1CN(C)C(=O)NC1=O. The van der Waals surface area contributed by atoms with Gasteiger partial charge in [0.2, 0.25) is 5.91 Å². The van der Waals surface area contributed by atoms with Gasteiger partial charge in [-0.1, -0.05) is 0 Å². The van der Waals surface area contributed by atoms with Crippen molar-refractivity contribution in [1.29, 1.82) is 0 Å². The van der Waals surface area contributed by atoms with E-state index in [1.54, 1.807) is 7.05 Å². The molecule has 3 amide bonds. The number of nitrogens with zero attached hydrogens (tertiary/aromatic N) is 1. The molecule has 13 heavy (non-hydrogen) atoms. The molecule has 74 valence electrons. The fraction of sp³-hybridized carbons (Fsp3) is 0.750. The zero-order valence-corrected chi connectivity index (χ0v) is 7.91. The fourth-order valence-corrected chi connectivity index (χ4v) is 1.43. The summed E-state index contributed by atoms with van der Waals surface area (Å²) in [6, 6.07) is -0.344. The third-order valence-electron chi connectivity index (χ3n) is 2.10. The van der Waals surface area contributed by atoms with Gasteiger partial charge in [0.05, 0.1) is 5.92 Å². The molecule has 1 fully saturated rings. The van der Waals surface area contributed by atoms with Crippen molar-refractivity contribution in [2.45, 2.75) is 19.4 Å². The molecule has 3 N–H and O–H groups in total. The maximum Gasteiger partial charge on any atom is 0.323 e. The largest absolute Gasteiger partial charge is 0.328 e. The minimum atomic E-state index is -0.328. The molecule has 1 aliphatic rings. The lowest BCUT2D eigenvalue weighted by Crippen LogP contribution is -2.53. The molecule has 1 rings (SSSR count). The summed E-state index contributed by atoms with van der Waals surface area (Å²) in [4.78, 5) is 23.8. The molecule has 0 radical (unpaired) electrons. The van der Waals surface area contributed by atoms with Gasteiger partial charge in [0.1, 0.15) is 0 Å². The van der Waals surface area contributed by atoms with Crippen LogP contribution in [-0.2, 0) is 4.79 Å². The van der Waals surface area contributed by atoms with Gasteiger partial charge in [-0.05, 0) is 13.3 Å². The second kappa shape index (κ2) is 3.74. The first-order chi connectivity index (χ1) is 6.00. The first kappa shape index (κ1) is 9.98. The lowest BCUT2D eigenvalue weighted by molar-refractivity contribution is -0.126. The maximum absolute atomic E-state index is 11.3. The van der Waals surface area contributed by atoms with Gasteiger partial charge in [-0.15, -0.1) is 0 Å². The average Bonchev–Trinajstić information content (AvgIpc) is 1.99. The number of carbonyl (C=O) groups excluding carboxylic acids is 2. The highest BCUT2D eigenvalue weighted by Gasteiger charge is 2.30. The Balaban J connectivity index is 2.56. The highest BCUT2D eigenvalue weighted by Crippen LogP contribution is 2.11. The summed E-state index contributed by atoms with van der Waals surface area (Å²) in [6.07, 6.45) is 0.615. The molecule has 1 unspecified atom stereocenters. The molecule has 1 heterocycles. The van der Waals surface area contributed by atoms with Crippen molar-refractivity contribution >= 4 is 11.9 Å². The summed E-state index contributed by atoms with van der Waals surface area (Å²) in [6.45, 7) is 2.32. The van der Waals surface area contributed by atoms with E-state index in [0.29, 0.717) is 13.0 Å². The number of urea groups is 1. The zero-order chi connectivity index (χ0) is 10.0. The summed E-state index contributed by atoms with van der Waals surface area (Å²) in [5.74, 6) is -0.372. The molecule has 0 aliphatic carbocycles. The van der Waals surface area contributed by atoms with Gasteiger partial charge >= 0.3 is 6.03 Å². The van der Waals surface area contributed by atoms with E-state index >= 15 is 0 Å². The molecule has 5 heteroatoms. The van der Waals surface area contributed by atoms with E-state index in [2.05, 4.69) is 5.32 Å². The summed E-state index contributed by atoms with van der Waals surface area (Å²) < 4.78 is 0. The first-order valence-electron chi connectivity index (χ1n) is 4.32. The second-order valence-electron chi connectivity index (χ2n) is 3.58. The lowest BCUT2D eigenvalue weighted by Gasteiger charge is -2.29. The predicted molar refractivity (Wildman–Crippen MR) is 47.9 cm³/mol. The second-order valence-corrected chi connectivity index (χ2v) is 3.58. The lowest BCUT2D eigenvalue weighted by atomic mass is 9.98. The molecule has 1 saturated heterocycles. The number of nitrogens with one attached hydrogen (secondary N) is 1. The van der Waals surface area contributed by atoms with Crippen LogP contribution in [0.3, 0.4) is 0 Å². The van der Waals surface area contributed by atoms with Gasteiger partial charge in [0, 0.05) is 19.6 Å². The van der Waals surface area contributed by atoms with Crippen LogP contribution in [0.5, 0.6) is 0 Å². The van der Waals surface area contributed by atoms with Crippen molar-refractivity contribution in [3.05, 3.63) is 0 Å². The Labute approximate surface area is 77.3 Å². The van der Waals surface area contributed by atoms with Gasteiger partial charge in [-0.2, -0.15) is 0 Å². The van der Waals surface area contributed by atoms with Gasteiger partial charge in [0.15, 0.2) is 0 Å². The molecular weight excluding hydrogens is 170 g/mol. The minimum absolute atomic E-state index is 0.0163. The molecule has 0 aromatic carbocycles. The van der Waals surface area contributed by atoms with Crippen LogP contribution in [0.15, 0.2) is 0 Å². The van der Waals surface area contributed by atoms with Crippen LogP contribution >= 0.6 is 0 Å². The highest BCUT2D eigenvalue weighted by atomic mass is 16.2. The Hall–Kier alpha value is -1.10. The van der Waals surface area contributed by atoms with Crippen LogP contribution in [-0.4, -0.2) is 36.5 Å². The van der Waals surface area contributed by atoms with E-state index < -0.39 is 0 Å². The molecule has 0 aromatic heterocycles. The number of nitrogens with two attached hydrogens (primary N) is 1. The van der Waals surface area contributed by atoms with Crippen LogP contribution in [0.4, 0.5) is 4.79 Å². The minimum Gasteiger partial charge on any atom is -0.328 e. The molecule has 5 nitrogen and oxygen atoms in total. The van der Waals surface area contributed by atoms with E-state index in [1.165, 1.54) is 4.90 Å². The van der Waals surface area contributed by atoms with Gasteiger partial charge in [-0.25, -0.2) is 4.79 Å². The van der Waals surface area contributed by atoms with E-state index in [4.69, 9.17) is 5.73 Å². The van der Waals surface area contributed by atoms with Gasteiger partial charge in [0.25, 0.3) is 0 Å². The smallest absolute Gasteiger partial charge is 0.323 e. The molecule has 0 spiro atoms. The number of hydrogen-bond donors (Lipinski definition) is 2. The average molecular weight is 185 g/mol. The van der Waals surface area contributed by atoms with E-state index in [9.17, 15) is 9.59 Å². The van der Waals surface area contributed by atoms with E-state index in [-0.39, 0.29) is 23.9 Å². The Morgan fingerprint density at radius 2 is 2.31 bits per heavy atom. The molecule has 0 bridgehead atoms. The predicted octanol–water partition coefficient (Wildman–Crippen LogP) is -0.478. The molecular formula is C8H15N3O2. The Morgan fingerprint density at radius 3 is 2.85 bits per heavy atom. The molecule has 0 saturated carbocycles. The zero-order valence-electron chi connectivity index (χ0n) is 7.91. The summed E-state index contributed by atoms with van der Waals surface area (Å²) >= 11 is 0. The monoisotopic (exact) mass is 185 g/mol. The molecule has 2 atom stereocenters. The van der Waals surface area contributed by atoms with E-state index in [0.717, 1.165) is 0 Å². The summed E-state index contributed by atoms with van der Waals surface area (Å²) in [7, 11) is 1.66. The molecule has 1 aliphatic heterocycles. The van der Waals surface area contributed by atoms with Crippen LogP contribution in [0.1, 0.15) is 13.3 Å². The number of imide groups is 1. The topological polar surface area (TPSA) is 75.4 Å². The Kier molecular flexibility index (Phi) is 2.87. The van der Waals surface area contributed by atoms with Crippen molar-refractivity contribution in [2.24, 2.45) is 11.7 Å².